The van der Waals surface area contributed by atoms with Gasteiger partial charge in [-0.1, -0.05) is 71.6 Å². The van der Waals surface area contributed by atoms with Crippen LogP contribution in [0.1, 0.15) is 18.5 Å². The summed E-state index contributed by atoms with van der Waals surface area (Å²) in [7, 11) is 0. The van der Waals surface area contributed by atoms with Crippen molar-refractivity contribution in [3.63, 3.8) is 0 Å². The molecule has 0 aliphatic carbocycles. The van der Waals surface area contributed by atoms with Gasteiger partial charge in [0.25, 0.3) is 11.1 Å². The van der Waals surface area contributed by atoms with Gasteiger partial charge in [-0.15, -0.1) is 5.10 Å². The molecule has 1 atom stereocenters. The molecule has 7 nitrogen and oxygen atoms in total. The number of aromatic nitrogens is 5. The second kappa shape index (κ2) is 8.39. The number of para-hydroxylation sites is 1. The lowest BCUT2D eigenvalue weighted by Crippen LogP contribution is -2.28. The van der Waals surface area contributed by atoms with Crippen LogP contribution in [0.3, 0.4) is 0 Å². The predicted molar refractivity (Wildman–Crippen MR) is 126 cm³/mol. The van der Waals surface area contributed by atoms with Crippen molar-refractivity contribution in [1.82, 2.24) is 24.5 Å². The topological polar surface area (TPSA) is 82.7 Å². The minimum Gasteiger partial charge on any atom is -0.280 e. The van der Waals surface area contributed by atoms with E-state index in [4.69, 9.17) is 4.98 Å². The lowest BCUT2D eigenvalue weighted by atomic mass is 10.1. The lowest BCUT2D eigenvalue weighted by Gasteiger charge is -2.20. The monoisotopic (exact) mass is 441 g/mol. The normalized spacial score (nSPS) is 12.3. The molecule has 0 amide bonds. The maximum absolute atomic E-state index is 13.4. The SMILES string of the molecule is C[C@@H](c1ccccc1)n1c(SCn2nnc3ccccc3c2=O)nc2ccccc2c1=O. The van der Waals surface area contributed by atoms with Crippen molar-refractivity contribution in [2.45, 2.75) is 24.0 Å². The molecule has 5 rings (SSSR count). The van der Waals surface area contributed by atoms with E-state index >= 15 is 0 Å². The summed E-state index contributed by atoms with van der Waals surface area (Å²) in [6, 6.07) is 24.0. The fourth-order valence-corrected chi connectivity index (χ4v) is 4.63. The number of rotatable bonds is 5. The van der Waals surface area contributed by atoms with Crippen LogP contribution in [0.5, 0.6) is 0 Å². The van der Waals surface area contributed by atoms with Gasteiger partial charge in [-0.3, -0.25) is 14.2 Å². The van der Waals surface area contributed by atoms with E-state index in [1.807, 2.05) is 61.5 Å². The minimum absolute atomic E-state index is 0.119. The molecule has 5 aromatic rings. The van der Waals surface area contributed by atoms with Gasteiger partial charge in [0, 0.05) is 0 Å². The Morgan fingerprint density at radius 2 is 1.44 bits per heavy atom. The number of benzene rings is 3. The molecule has 2 heterocycles. The standard InChI is InChI=1S/C24H19N5O2S/c1-16(17-9-3-2-4-10-17)29-23(31)18-11-5-7-13-20(18)25-24(29)32-15-28-22(30)19-12-6-8-14-21(19)26-27-28/h2-14,16H,15H2,1H3/t16-/m0/s1. The number of hydrogen-bond acceptors (Lipinski definition) is 6. The molecule has 0 saturated carbocycles. The molecule has 0 radical (unpaired) electrons. The highest BCUT2D eigenvalue weighted by atomic mass is 32.2. The van der Waals surface area contributed by atoms with Crippen LogP contribution in [0.4, 0.5) is 0 Å². The van der Waals surface area contributed by atoms with Crippen LogP contribution in [-0.2, 0) is 5.88 Å². The van der Waals surface area contributed by atoms with Crippen molar-refractivity contribution in [2.75, 3.05) is 0 Å². The molecular weight excluding hydrogens is 422 g/mol. The molecule has 0 aliphatic heterocycles. The summed E-state index contributed by atoms with van der Waals surface area (Å²) in [5, 5.41) is 9.78. The molecule has 0 unspecified atom stereocenters. The Labute approximate surface area is 187 Å². The van der Waals surface area contributed by atoms with Crippen LogP contribution >= 0.6 is 11.8 Å². The zero-order chi connectivity index (χ0) is 22.1. The first-order chi connectivity index (χ1) is 15.6. The zero-order valence-corrected chi connectivity index (χ0v) is 18.1. The average molecular weight is 442 g/mol. The zero-order valence-electron chi connectivity index (χ0n) is 17.3. The van der Waals surface area contributed by atoms with Gasteiger partial charge in [0.1, 0.15) is 5.52 Å². The smallest absolute Gasteiger partial charge is 0.278 e. The van der Waals surface area contributed by atoms with Crippen LogP contribution < -0.4 is 11.1 Å². The van der Waals surface area contributed by atoms with Gasteiger partial charge in [-0.05, 0) is 36.8 Å². The molecule has 0 aliphatic rings. The predicted octanol–water partition coefficient (Wildman–Crippen LogP) is 3.86. The molecule has 8 heteroatoms. The Bertz CT molecular complexity index is 1550. The van der Waals surface area contributed by atoms with E-state index in [1.165, 1.54) is 16.4 Å². The summed E-state index contributed by atoms with van der Waals surface area (Å²) in [6.07, 6.45) is 0. The molecule has 0 bridgehead atoms. The van der Waals surface area contributed by atoms with Crippen molar-refractivity contribution in [3.05, 3.63) is 105 Å². The third kappa shape index (κ3) is 3.58. The van der Waals surface area contributed by atoms with Gasteiger partial charge in [0.05, 0.1) is 28.2 Å². The third-order valence-corrected chi connectivity index (χ3v) is 6.31. The Morgan fingerprint density at radius 3 is 2.19 bits per heavy atom. The van der Waals surface area contributed by atoms with Crippen LogP contribution in [0.25, 0.3) is 21.8 Å². The highest BCUT2D eigenvalue weighted by Crippen LogP contribution is 2.25. The third-order valence-electron chi connectivity index (χ3n) is 5.39. The Kier molecular flexibility index (Phi) is 5.28. The lowest BCUT2D eigenvalue weighted by molar-refractivity contribution is 0.546. The van der Waals surface area contributed by atoms with Crippen molar-refractivity contribution in [2.24, 2.45) is 0 Å². The molecular formula is C24H19N5O2S. The molecule has 0 N–H and O–H groups in total. The molecule has 3 aromatic carbocycles. The van der Waals surface area contributed by atoms with Gasteiger partial charge < -0.3 is 0 Å². The Hall–Kier alpha value is -3.78. The van der Waals surface area contributed by atoms with E-state index in [9.17, 15) is 9.59 Å². The van der Waals surface area contributed by atoms with E-state index in [-0.39, 0.29) is 23.0 Å². The van der Waals surface area contributed by atoms with E-state index in [0.29, 0.717) is 27.0 Å². The fraction of sp³-hybridized carbons (Fsp3) is 0.125. The Balaban J connectivity index is 1.59. The molecule has 158 valence electrons. The molecule has 0 fully saturated rings. The first-order valence-electron chi connectivity index (χ1n) is 10.1. The maximum Gasteiger partial charge on any atom is 0.278 e. The van der Waals surface area contributed by atoms with Gasteiger partial charge in [-0.2, -0.15) is 4.68 Å². The van der Waals surface area contributed by atoms with E-state index in [1.54, 1.807) is 28.8 Å². The average Bonchev–Trinajstić information content (AvgIpc) is 2.84. The van der Waals surface area contributed by atoms with Gasteiger partial charge in [0.15, 0.2) is 5.16 Å². The number of nitrogens with zero attached hydrogens (tertiary/aromatic N) is 5. The second-order valence-corrected chi connectivity index (χ2v) is 8.27. The minimum atomic E-state index is -0.234. The summed E-state index contributed by atoms with van der Waals surface area (Å²) in [5.41, 5.74) is 1.82. The summed E-state index contributed by atoms with van der Waals surface area (Å²) in [5.74, 6) is 0.183. The van der Waals surface area contributed by atoms with Crippen molar-refractivity contribution < 1.29 is 0 Å². The highest BCUT2D eigenvalue weighted by molar-refractivity contribution is 7.98. The quantitative estimate of drug-likeness (QED) is 0.304. The van der Waals surface area contributed by atoms with Crippen LogP contribution in [0.15, 0.2) is 93.6 Å². The summed E-state index contributed by atoms with van der Waals surface area (Å²) in [4.78, 5) is 31.0. The van der Waals surface area contributed by atoms with Crippen molar-refractivity contribution in [3.8, 4) is 0 Å². The van der Waals surface area contributed by atoms with Gasteiger partial charge in [0.2, 0.25) is 0 Å². The first kappa shape index (κ1) is 20.1. The fourth-order valence-electron chi connectivity index (χ4n) is 3.68. The number of fused-ring (bicyclic) bond motifs is 2. The van der Waals surface area contributed by atoms with Gasteiger partial charge >= 0.3 is 0 Å². The van der Waals surface area contributed by atoms with E-state index in [0.717, 1.165) is 5.56 Å². The van der Waals surface area contributed by atoms with Crippen molar-refractivity contribution >= 4 is 33.6 Å². The molecule has 2 aromatic heterocycles. The van der Waals surface area contributed by atoms with Crippen molar-refractivity contribution in [1.29, 1.82) is 0 Å². The van der Waals surface area contributed by atoms with Crippen LogP contribution in [0.2, 0.25) is 0 Å². The second-order valence-electron chi connectivity index (χ2n) is 7.36. The first-order valence-corrected chi connectivity index (χ1v) is 11.1. The summed E-state index contributed by atoms with van der Waals surface area (Å²) in [6.45, 7) is 1.97. The highest BCUT2D eigenvalue weighted by Gasteiger charge is 2.18. The van der Waals surface area contributed by atoms with Crippen LogP contribution in [0, 0.1) is 0 Å². The van der Waals surface area contributed by atoms with E-state index < -0.39 is 0 Å². The molecule has 0 spiro atoms. The number of thioether (sulfide) groups is 1. The van der Waals surface area contributed by atoms with Gasteiger partial charge in [-0.25, -0.2) is 4.98 Å². The maximum atomic E-state index is 13.4. The Morgan fingerprint density at radius 1 is 0.812 bits per heavy atom. The summed E-state index contributed by atoms with van der Waals surface area (Å²) < 4.78 is 2.98. The van der Waals surface area contributed by atoms with E-state index in [2.05, 4.69) is 10.3 Å². The van der Waals surface area contributed by atoms with Crippen LogP contribution in [-0.4, -0.2) is 24.5 Å². The molecule has 0 saturated heterocycles. The molecule has 32 heavy (non-hydrogen) atoms. The summed E-state index contributed by atoms with van der Waals surface area (Å²) >= 11 is 1.29. The number of hydrogen-bond donors (Lipinski definition) is 0. The largest absolute Gasteiger partial charge is 0.280 e.